The summed E-state index contributed by atoms with van der Waals surface area (Å²) in [6.07, 6.45) is 6.21. The first-order chi connectivity index (χ1) is 14.7. The van der Waals surface area contributed by atoms with Crippen molar-refractivity contribution in [1.29, 1.82) is 0 Å². The van der Waals surface area contributed by atoms with Gasteiger partial charge in [-0.3, -0.25) is 9.48 Å². The minimum absolute atomic E-state index is 0.134. The fourth-order valence-electron chi connectivity index (χ4n) is 4.98. The van der Waals surface area contributed by atoms with E-state index in [2.05, 4.69) is 52.2 Å². The van der Waals surface area contributed by atoms with E-state index in [0.717, 1.165) is 64.7 Å². The van der Waals surface area contributed by atoms with E-state index in [1.807, 2.05) is 4.90 Å². The summed E-state index contributed by atoms with van der Waals surface area (Å²) in [5.41, 5.74) is 5.55. The number of hydrogen-bond acceptors (Lipinski definition) is 3. The third kappa shape index (κ3) is 3.65. The molecule has 1 fully saturated rings. The number of carbonyl (C=O) groups excluding carboxylic acids is 1. The van der Waals surface area contributed by atoms with E-state index in [0.29, 0.717) is 11.7 Å². The van der Waals surface area contributed by atoms with E-state index in [4.69, 9.17) is 5.10 Å². The number of aromatic amines is 1. The maximum atomic E-state index is 13.1. The van der Waals surface area contributed by atoms with Crippen LogP contribution in [0.1, 0.15) is 60.0 Å². The Morgan fingerprint density at radius 3 is 2.90 bits per heavy atom. The number of aromatic nitrogens is 3. The topological polar surface area (TPSA) is 66.0 Å². The van der Waals surface area contributed by atoms with Crippen LogP contribution >= 0.6 is 0 Å². The molecule has 1 aliphatic carbocycles. The van der Waals surface area contributed by atoms with Crippen LogP contribution in [0.3, 0.4) is 0 Å². The molecule has 0 radical (unpaired) electrons. The zero-order valence-electron chi connectivity index (χ0n) is 17.8. The van der Waals surface area contributed by atoms with Gasteiger partial charge in [0, 0.05) is 54.7 Å². The third-order valence-electron chi connectivity index (χ3n) is 6.54. The molecule has 1 saturated heterocycles. The molecular weight excluding hydrogens is 374 g/mol. The fraction of sp³-hybridized carbons (Fsp3) is 0.500. The highest BCUT2D eigenvalue weighted by atomic mass is 16.2. The second-order valence-electron chi connectivity index (χ2n) is 8.70. The Balaban J connectivity index is 1.33. The number of amides is 1. The lowest BCUT2D eigenvalue weighted by Crippen LogP contribution is -2.35. The van der Waals surface area contributed by atoms with Crippen LogP contribution in [0.4, 0.5) is 0 Å². The van der Waals surface area contributed by atoms with Crippen molar-refractivity contribution < 1.29 is 4.79 Å². The average molecular weight is 406 g/mol. The number of H-pyrrole nitrogens is 1. The Kier molecular flexibility index (Phi) is 5.34. The predicted molar refractivity (Wildman–Crippen MR) is 119 cm³/mol. The number of likely N-dealkylation sites (tertiary alicyclic amines) is 1. The maximum absolute atomic E-state index is 13.1. The van der Waals surface area contributed by atoms with Crippen molar-refractivity contribution >= 4 is 16.8 Å². The van der Waals surface area contributed by atoms with Gasteiger partial charge in [-0.05, 0) is 56.0 Å². The molecule has 2 aliphatic rings. The molecule has 1 aromatic carbocycles. The van der Waals surface area contributed by atoms with Crippen molar-refractivity contribution in [3.05, 3.63) is 53.0 Å². The number of benzene rings is 1. The highest BCUT2D eigenvalue weighted by Gasteiger charge is 2.31. The Labute approximate surface area is 177 Å². The van der Waals surface area contributed by atoms with Crippen molar-refractivity contribution in [3.8, 4) is 0 Å². The van der Waals surface area contributed by atoms with Gasteiger partial charge < -0.3 is 15.2 Å². The fourth-order valence-corrected chi connectivity index (χ4v) is 4.98. The van der Waals surface area contributed by atoms with Gasteiger partial charge in [-0.1, -0.05) is 25.1 Å². The first-order valence-corrected chi connectivity index (χ1v) is 11.4. The number of hydrogen-bond donors (Lipinski definition) is 2. The van der Waals surface area contributed by atoms with Gasteiger partial charge in [-0.2, -0.15) is 5.10 Å². The van der Waals surface area contributed by atoms with Gasteiger partial charge in [0.25, 0.3) is 5.91 Å². The highest BCUT2D eigenvalue weighted by Crippen LogP contribution is 2.27. The predicted octanol–water partition coefficient (Wildman–Crippen LogP) is 3.66. The van der Waals surface area contributed by atoms with Crippen LogP contribution in [0.25, 0.3) is 10.9 Å². The molecule has 0 bridgehead atoms. The largest absolute Gasteiger partial charge is 0.357 e. The van der Waals surface area contributed by atoms with E-state index in [1.54, 1.807) is 0 Å². The third-order valence-corrected chi connectivity index (χ3v) is 6.54. The normalized spacial score (nSPS) is 18.8. The standard InChI is InChI=1S/C24H31N5O/c1-2-11-29-22-10-9-18(25-16-19-14-17-7-3-4-8-21(17)26-19)15-20(22)23(27-29)24(30)28-12-5-6-13-28/h3-4,7-8,14,18,25-26H,2,5-6,9-13,15-16H2,1H3. The Morgan fingerprint density at radius 1 is 1.27 bits per heavy atom. The molecule has 2 aromatic heterocycles. The van der Waals surface area contributed by atoms with Gasteiger partial charge in [0.15, 0.2) is 5.69 Å². The van der Waals surface area contributed by atoms with Crippen LogP contribution in [-0.4, -0.2) is 44.7 Å². The molecular formula is C24H31N5O. The van der Waals surface area contributed by atoms with Crippen molar-refractivity contribution in [2.24, 2.45) is 0 Å². The first-order valence-electron chi connectivity index (χ1n) is 11.4. The van der Waals surface area contributed by atoms with Crippen molar-refractivity contribution in [2.45, 2.75) is 64.6 Å². The molecule has 3 heterocycles. The van der Waals surface area contributed by atoms with Crippen LogP contribution < -0.4 is 5.32 Å². The Bertz CT molecular complexity index is 1010. The lowest BCUT2D eigenvalue weighted by Gasteiger charge is -2.25. The van der Waals surface area contributed by atoms with E-state index in [1.165, 1.54) is 27.9 Å². The first kappa shape index (κ1) is 19.4. The molecule has 1 aliphatic heterocycles. The van der Waals surface area contributed by atoms with Gasteiger partial charge in [-0.25, -0.2) is 0 Å². The maximum Gasteiger partial charge on any atom is 0.274 e. The Hall–Kier alpha value is -2.60. The minimum Gasteiger partial charge on any atom is -0.357 e. The molecule has 158 valence electrons. The van der Waals surface area contributed by atoms with Gasteiger partial charge in [0.1, 0.15) is 0 Å². The van der Waals surface area contributed by atoms with Crippen LogP contribution in [-0.2, 0) is 25.9 Å². The van der Waals surface area contributed by atoms with Crippen LogP contribution in [0.15, 0.2) is 30.3 Å². The molecule has 0 saturated carbocycles. The van der Waals surface area contributed by atoms with Gasteiger partial charge >= 0.3 is 0 Å². The quantitative estimate of drug-likeness (QED) is 0.658. The number of para-hydroxylation sites is 1. The number of nitrogens with zero attached hydrogens (tertiary/aromatic N) is 3. The minimum atomic E-state index is 0.134. The number of rotatable bonds is 6. The zero-order valence-corrected chi connectivity index (χ0v) is 17.8. The van der Waals surface area contributed by atoms with Crippen LogP contribution in [0.5, 0.6) is 0 Å². The number of nitrogens with one attached hydrogen (secondary N) is 2. The summed E-state index contributed by atoms with van der Waals surface area (Å²) in [5.74, 6) is 0.134. The molecule has 3 aromatic rings. The molecule has 1 unspecified atom stereocenters. The average Bonchev–Trinajstić information content (AvgIpc) is 3.50. The van der Waals surface area contributed by atoms with Gasteiger partial charge in [0.2, 0.25) is 0 Å². The summed E-state index contributed by atoms with van der Waals surface area (Å²) < 4.78 is 2.10. The zero-order chi connectivity index (χ0) is 20.5. The van der Waals surface area contributed by atoms with Crippen molar-refractivity contribution in [2.75, 3.05) is 13.1 Å². The van der Waals surface area contributed by atoms with Crippen molar-refractivity contribution in [1.82, 2.24) is 25.0 Å². The van der Waals surface area contributed by atoms with Gasteiger partial charge in [-0.15, -0.1) is 0 Å². The van der Waals surface area contributed by atoms with E-state index >= 15 is 0 Å². The molecule has 0 spiro atoms. The summed E-state index contributed by atoms with van der Waals surface area (Å²) in [5, 5.41) is 9.77. The molecule has 6 heteroatoms. The second-order valence-corrected chi connectivity index (χ2v) is 8.70. The summed E-state index contributed by atoms with van der Waals surface area (Å²) in [6, 6.07) is 11.0. The SMILES string of the molecule is CCCn1nc(C(=O)N2CCCC2)c2c1CCC(NCc1cc3ccccc3[nH]1)C2. The molecule has 30 heavy (non-hydrogen) atoms. The van der Waals surface area contributed by atoms with Crippen LogP contribution in [0.2, 0.25) is 0 Å². The summed E-state index contributed by atoms with van der Waals surface area (Å²) in [7, 11) is 0. The second kappa shape index (κ2) is 8.26. The van der Waals surface area contributed by atoms with E-state index in [9.17, 15) is 4.79 Å². The number of carbonyl (C=O) groups is 1. The van der Waals surface area contributed by atoms with E-state index < -0.39 is 0 Å². The molecule has 2 N–H and O–H groups in total. The molecule has 5 rings (SSSR count). The summed E-state index contributed by atoms with van der Waals surface area (Å²) >= 11 is 0. The molecule has 1 atom stereocenters. The highest BCUT2D eigenvalue weighted by molar-refractivity contribution is 5.94. The monoisotopic (exact) mass is 405 g/mol. The molecule has 6 nitrogen and oxygen atoms in total. The van der Waals surface area contributed by atoms with Crippen LogP contribution in [0, 0.1) is 0 Å². The Morgan fingerprint density at radius 2 is 2.10 bits per heavy atom. The van der Waals surface area contributed by atoms with Crippen molar-refractivity contribution in [3.63, 3.8) is 0 Å². The lowest BCUT2D eigenvalue weighted by molar-refractivity contribution is 0.0784. The summed E-state index contributed by atoms with van der Waals surface area (Å²) in [4.78, 5) is 18.6. The molecule has 1 amide bonds. The number of aryl methyl sites for hydroxylation is 1. The number of fused-ring (bicyclic) bond motifs is 2. The summed E-state index contributed by atoms with van der Waals surface area (Å²) in [6.45, 7) is 5.62. The van der Waals surface area contributed by atoms with Gasteiger partial charge in [0.05, 0.1) is 0 Å². The lowest BCUT2D eigenvalue weighted by atomic mass is 9.91. The van der Waals surface area contributed by atoms with E-state index in [-0.39, 0.29) is 5.91 Å². The smallest absolute Gasteiger partial charge is 0.274 e.